The van der Waals surface area contributed by atoms with Gasteiger partial charge in [-0.05, 0) is 31.5 Å². The molecule has 0 aliphatic carbocycles. The Morgan fingerprint density at radius 2 is 2.24 bits per heavy atom. The average molecular weight is 306 g/mol. The van der Waals surface area contributed by atoms with Crippen molar-refractivity contribution in [2.75, 3.05) is 17.7 Å². The van der Waals surface area contributed by atoms with Crippen molar-refractivity contribution < 1.29 is 9.53 Å². The highest BCUT2D eigenvalue weighted by molar-refractivity contribution is 6.33. The second-order valence-corrected chi connectivity index (χ2v) is 4.85. The molecule has 0 aliphatic rings. The van der Waals surface area contributed by atoms with Crippen molar-refractivity contribution in [2.45, 2.75) is 13.8 Å². The summed E-state index contributed by atoms with van der Waals surface area (Å²) in [6, 6.07) is 7.05. The van der Waals surface area contributed by atoms with Crippen LogP contribution in [0.1, 0.15) is 22.8 Å². The lowest BCUT2D eigenvalue weighted by atomic mass is 10.2. The second kappa shape index (κ2) is 6.45. The Labute approximate surface area is 128 Å². The van der Waals surface area contributed by atoms with Crippen LogP contribution in [0.25, 0.3) is 0 Å². The van der Waals surface area contributed by atoms with Gasteiger partial charge in [0.25, 0.3) is 0 Å². The van der Waals surface area contributed by atoms with Crippen LogP contribution in [0.15, 0.2) is 30.5 Å². The molecular formula is C15H16ClN3O2. The molecule has 5 nitrogen and oxygen atoms in total. The number of ether oxygens (including phenoxy) is 1. The minimum absolute atomic E-state index is 0.274. The summed E-state index contributed by atoms with van der Waals surface area (Å²) >= 11 is 6.17. The average Bonchev–Trinajstić information content (AvgIpc) is 2.44. The number of benzene rings is 1. The fraction of sp³-hybridized carbons (Fsp3) is 0.200. The summed E-state index contributed by atoms with van der Waals surface area (Å²) in [5.74, 6) is -0.122. The molecule has 0 radical (unpaired) electrons. The number of nitrogen functional groups attached to an aromatic ring is 1. The zero-order valence-corrected chi connectivity index (χ0v) is 12.6. The first kappa shape index (κ1) is 15.1. The van der Waals surface area contributed by atoms with Crippen LogP contribution in [-0.2, 0) is 4.74 Å². The number of nitrogens with two attached hydrogens (primary N) is 1. The van der Waals surface area contributed by atoms with E-state index in [9.17, 15) is 4.79 Å². The number of halogens is 1. The fourth-order valence-corrected chi connectivity index (χ4v) is 2.12. The molecule has 2 aromatic rings. The van der Waals surface area contributed by atoms with Crippen LogP contribution < -0.4 is 11.1 Å². The second-order valence-electron chi connectivity index (χ2n) is 4.44. The summed E-state index contributed by atoms with van der Waals surface area (Å²) < 4.78 is 5.01. The zero-order chi connectivity index (χ0) is 15.4. The van der Waals surface area contributed by atoms with Crippen molar-refractivity contribution in [3.8, 4) is 0 Å². The summed E-state index contributed by atoms with van der Waals surface area (Å²) in [5, 5.41) is 3.62. The van der Waals surface area contributed by atoms with Crippen molar-refractivity contribution in [2.24, 2.45) is 0 Å². The largest absolute Gasteiger partial charge is 0.462 e. The quantitative estimate of drug-likeness (QED) is 0.845. The van der Waals surface area contributed by atoms with Gasteiger partial charge in [0, 0.05) is 0 Å². The Morgan fingerprint density at radius 1 is 1.48 bits per heavy atom. The van der Waals surface area contributed by atoms with Gasteiger partial charge in [-0.1, -0.05) is 23.7 Å². The lowest BCUT2D eigenvalue weighted by Gasteiger charge is -2.14. The smallest absolute Gasteiger partial charge is 0.341 e. The third-order valence-electron chi connectivity index (χ3n) is 2.87. The summed E-state index contributed by atoms with van der Waals surface area (Å²) in [6.45, 7) is 3.93. The van der Waals surface area contributed by atoms with Crippen LogP contribution in [0.3, 0.4) is 0 Å². The van der Waals surface area contributed by atoms with Gasteiger partial charge in [-0.2, -0.15) is 0 Å². The van der Waals surface area contributed by atoms with Crippen LogP contribution in [0, 0.1) is 6.92 Å². The summed E-state index contributed by atoms with van der Waals surface area (Å²) in [7, 11) is 0. The molecule has 0 unspecified atom stereocenters. The van der Waals surface area contributed by atoms with E-state index in [1.165, 1.54) is 12.3 Å². The Balaban J connectivity index is 2.42. The number of anilines is 3. The molecule has 1 heterocycles. The molecule has 0 atom stereocenters. The Hall–Kier alpha value is -2.27. The van der Waals surface area contributed by atoms with E-state index in [-0.39, 0.29) is 12.2 Å². The molecule has 0 saturated carbocycles. The van der Waals surface area contributed by atoms with Crippen molar-refractivity contribution in [1.82, 2.24) is 4.98 Å². The third-order valence-corrected chi connectivity index (χ3v) is 3.18. The molecule has 6 heteroatoms. The van der Waals surface area contributed by atoms with Crippen LogP contribution in [0.4, 0.5) is 17.2 Å². The number of nitrogens with zero attached hydrogens (tertiary/aromatic N) is 1. The van der Waals surface area contributed by atoms with Gasteiger partial charge in [-0.15, -0.1) is 0 Å². The van der Waals surface area contributed by atoms with Crippen LogP contribution in [0.2, 0.25) is 5.02 Å². The Bertz CT molecular complexity index is 654. The summed E-state index contributed by atoms with van der Waals surface area (Å²) in [6.07, 6.45) is 1.47. The van der Waals surface area contributed by atoms with Gasteiger partial charge >= 0.3 is 5.97 Å². The van der Waals surface area contributed by atoms with E-state index in [0.29, 0.717) is 22.2 Å². The maximum atomic E-state index is 12.0. The van der Waals surface area contributed by atoms with E-state index in [1.54, 1.807) is 13.0 Å². The molecule has 0 saturated heterocycles. The first-order chi connectivity index (χ1) is 10.0. The highest BCUT2D eigenvalue weighted by atomic mass is 35.5. The number of esters is 1. The molecule has 2 rings (SSSR count). The van der Waals surface area contributed by atoms with Gasteiger partial charge < -0.3 is 15.8 Å². The maximum Gasteiger partial charge on any atom is 0.341 e. The number of carbonyl (C=O) groups is 1. The zero-order valence-electron chi connectivity index (χ0n) is 11.8. The number of nitrogens with one attached hydrogen (secondary N) is 1. The molecule has 0 fully saturated rings. The van der Waals surface area contributed by atoms with E-state index in [1.807, 2.05) is 19.1 Å². The number of rotatable bonds is 4. The monoisotopic (exact) mass is 305 g/mol. The molecule has 110 valence electrons. The van der Waals surface area contributed by atoms with Crippen molar-refractivity contribution >= 4 is 34.8 Å². The number of aromatic nitrogens is 1. The maximum absolute atomic E-state index is 12.0. The van der Waals surface area contributed by atoms with Crippen LogP contribution in [-0.4, -0.2) is 17.6 Å². The standard InChI is InChI=1S/C15H16ClN3O2/c1-3-21-15(20)11-7-10(17)8-18-14(11)19-13-9(2)5-4-6-12(13)16/h4-8H,3,17H2,1-2H3,(H,18,19). The fourth-order valence-electron chi connectivity index (χ4n) is 1.85. The number of hydrogen-bond donors (Lipinski definition) is 2. The normalized spacial score (nSPS) is 10.2. The van der Waals surface area contributed by atoms with E-state index >= 15 is 0 Å². The number of para-hydroxylation sites is 1. The minimum atomic E-state index is -0.482. The van der Waals surface area contributed by atoms with Gasteiger partial charge in [-0.25, -0.2) is 9.78 Å². The molecule has 0 spiro atoms. The van der Waals surface area contributed by atoms with E-state index in [2.05, 4.69) is 10.3 Å². The highest BCUT2D eigenvalue weighted by Gasteiger charge is 2.16. The van der Waals surface area contributed by atoms with E-state index in [0.717, 1.165) is 5.56 Å². The molecule has 0 bridgehead atoms. The van der Waals surface area contributed by atoms with Crippen molar-refractivity contribution in [3.63, 3.8) is 0 Å². The predicted octanol–water partition coefficient (Wildman–Crippen LogP) is 3.55. The van der Waals surface area contributed by atoms with Gasteiger partial charge in [0.1, 0.15) is 11.4 Å². The van der Waals surface area contributed by atoms with Gasteiger partial charge in [0.05, 0.1) is 29.2 Å². The molecule has 0 aliphatic heterocycles. The van der Waals surface area contributed by atoms with Gasteiger partial charge in [0.15, 0.2) is 0 Å². The van der Waals surface area contributed by atoms with Crippen molar-refractivity contribution in [1.29, 1.82) is 0 Å². The first-order valence-corrected chi connectivity index (χ1v) is 6.85. The topological polar surface area (TPSA) is 77.2 Å². The number of pyridine rings is 1. The number of hydrogen-bond acceptors (Lipinski definition) is 5. The molecule has 0 amide bonds. The lowest BCUT2D eigenvalue weighted by molar-refractivity contribution is 0.0527. The molecule has 3 N–H and O–H groups in total. The van der Waals surface area contributed by atoms with Crippen LogP contribution >= 0.6 is 11.6 Å². The number of carbonyl (C=O) groups excluding carboxylic acids is 1. The Morgan fingerprint density at radius 3 is 2.90 bits per heavy atom. The van der Waals surface area contributed by atoms with Gasteiger partial charge in [0.2, 0.25) is 0 Å². The SMILES string of the molecule is CCOC(=O)c1cc(N)cnc1Nc1c(C)cccc1Cl. The minimum Gasteiger partial charge on any atom is -0.462 e. The molecular weight excluding hydrogens is 290 g/mol. The molecule has 21 heavy (non-hydrogen) atoms. The first-order valence-electron chi connectivity index (χ1n) is 6.47. The lowest BCUT2D eigenvalue weighted by Crippen LogP contribution is -2.10. The number of aryl methyl sites for hydroxylation is 1. The van der Waals surface area contributed by atoms with Crippen molar-refractivity contribution in [3.05, 3.63) is 46.6 Å². The predicted molar refractivity (Wildman–Crippen MR) is 84.1 cm³/mol. The summed E-state index contributed by atoms with van der Waals surface area (Å²) in [5.41, 5.74) is 7.99. The van der Waals surface area contributed by atoms with Crippen LogP contribution in [0.5, 0.6) is 0 Å². The van der Waals surface area contributed by atoms with Gasteiger partial charge in [-0.3, -0.25) is 0 Å². The molecule has 1 aromatic carbocycles. The van der Waals surface area contributed by atoms with E-state index in [4.69, 9.17) is 22.1 Å². The van der Waals surface area contributed by atoms with E-state index < -0.39 is 5.97 Å². The highest BCUT2D eigenvalue weighted by Crippen LogP contribution is 2.29. The Kier molecular flexibility index (Phi) is 4.65. The molecule has 1 aromatic heterocycles. The summed E-state index contributed by atoms with van der Waals surface area (Å²) in [4.78, 5) is 16.2. The third kappa shape index (κ3) is 3.44.